The number of hydrogen-bond donors (Lipinski definition) is 1. The van der Waals surface area contributed by atoms with Gasteiger partial charge in [-0.1, -0.05) is 88.4 Å². The average molecular weight is 396 g/mol. The van der Waals surface area contributed by atoms with E-state index in [1.165, 1.54) is 0 Å². The summed E-state index contributed by atoms with van der Waals surface area (Å²) in [6.45, 7) is 11.7. The summed E-state index contributed by atoms with van der Waals surface area (Å²) in [5, 5.41) is 3.63. The van der Waals surface area contributed by atoms with E-state index in [4.69, 9.17) is 4.74 Å². The largest absolute Gasteiger partial charge is 0.461 e. The number of carbonyl (C=O) groups excluding carboxylic acids is 1. The van der Waals surface area contributed by atoms with Crippen molar-refractivity contribution in [3.63, 3.8) is 0 Å². The molecule has 3 heteroatoms. The SMILES string of the molecule is CC(C)CC(CC(C)C)NC[C@H](C)OC(=O)C(c1ccccc1)c1ccccc1. The summed E-state index contributed by atoms with van der Waals surface area (Å²) in [5.41, 5.74) is 1.92. The molecule has 0 amide bonds. The number of ether oxygens (including phenoxy) is 1. The van der Waals surface area contributed by atoms with Gasteiger partial charge in [-0.15, -0.1) is 0 Å². The minimum Gasteiger partial charge on any atom is -0.461 e. The second kappa shape index (κ2) is 11.8. The van der Waals surface area contributed by atoms with Crippen LogP contribution in [0.15, 0.2) is 60.7 Å². The van der Waals surface area contributed by atoms with Gasteiger partial charge in [-0.25, -0.2) is 0 Å². The highest BCUT2D eigenvalue weighted by Crippen LogP contribution is 2.26. The van der Waals surface area contributed by atoms with Crippen LogP contribution >= 0.6 is 0 Å². The van der Waals surface area contributed by atoms with Crippen LogP contribution in [-0.2, 0) is 9.53 Å². The maximum Gasteiger partial charge on any atom is 0.318 e. The van der Waals surface area contributed by atoms with Gasteiger partial charge in [-0.05, 0) is 42.7 Å². The van der Waals surface area contributed by atoms with E-state index >= 15 is 0 Å². The predicted octanol–water partition coefficient (Wildman–Crippen LogP) is 5.80. The highest BCUT2D eigenvalue weighted by atomic mass is 16.5. The highest BCUT2D eigenvalue weighted by molar-refractivity contribution is 5.82. The standard InChI is InChI=1S/C26H37NO2/c1-19(2)16-24(17-20(3)4)27-18-21(5)29-26(28)25(22-12-8-6-9-13-22)23-14-10-7-11-15-23/h6-15,19-21,24-25,27H,16-18H2,1-5H3/t21-/m0/s1. The monoisotopic (exact) mass is 395 g/mol. The topological polar surface area (TPSA) is 38.3 Å². The minimum atomic E-state index is -0.401. The lowest BCUT2D eigenvalue weighted by molar-refractivity contribution is -0.148. The average Bonchev–Trinajstić information content (AvgIpc) is 2.67. The van der Waals surface area contributed by atoms with Crippen LogP contribution in [0.1, 0.15) is 64.5 Å². The molecule has 0 aliphatic carbocycles. The summed E-state index contributed by atoms with van der Waals surface area (Å²) in [5.74, 6) is 0.692. The molecule has 158 valence electrons. The smallest absolute Gasteiger partial charge is 0.318 e. The van der Waals surface area contributed by atoms with E-state index in [9.17, 15) is 4.79 Å². The lowest BCUT2D eigenvalue weighted by Crippen LogP contribution is -2.38. The zero-order valence-corrected chi connectivity index (χ0v) is 18.6. The fourth-order valence-electron chi connectivity index (χ4n) is 3.80. The quantitative estimate of drug-likeness (QED) is 0.489. The van der Waals surface area contributed by atoms with E-state index in [1.54, 1.807) is 0 Å². The number of hydrogen-bond acceptors (Lipinski definition) is 3. The first kappa shape index (κ1) is 23.2. The lowest BCUT2D eigenvalue weighted by atomic mass is 9.91. The second-order valence-corrected chi connectivity index (χ2v) is 8.87. The first-order chi connectivity index (χ1) is 13.9. The summed E-state index contributed by atoms with van der Waals surface area (Å²) in [6.07, 6.45) is 2.09. The summed E-state index contributed by atoms with van der Waals surface area (Å²) in [4.78, 5) is 13.1. The summed E-state index contributed by atoms with van der Waals surface area (Å²) >= 11 is 0. The Balaban J connectivity index is 2.03. The molecule has 0 spiro atoms. The van der Waals surface area contributed by atoms with Gasteiger partial charge in [0.1, 0.15) is 12.0 Å². The minimum absolute atomic E-state index is 0.181. The molecule has 29 heavy (non-hydrogen) atoms. The fraction of sp³-hybridized carbons (Fsp3) is 0.500. The van der Waals surface area contributed by atoms with E-state index in [-0.39, 0.29) is 12.1 Å². The van der Waals surface area contributed by atoms with Crippen LogP contribution in [0.25, 0.3) is 0 Å². The summed E-state index contributed by atoms with van der Waals surface area (Å²) in [7, 11) is 0. The van der Waals surface area contributed by atoms with Crippen molar-refractivity contribution in [2.24, 2.45) is 11.8 Å². The Morgan fingerprint density at radius 2 is 1.24 bits per heavy atom. The maximum atomic E-state index is 13.1. The number of esters is 1. The van der Waals surface area contributed by atoms with Crippen molar-refractivity contribution in [1.29, 1.82) is 0 Å². The molecule has 0 saturated heterocycles. The summed E-state index contributed by atoms with van der Waals surface area (Å²) < 4.78 is 5.88. The molecule has 0 radical (unpaired) electrons. The van der Waals surface area contributed by atoms with Gasteiger partial charge in [-0.2, -0.15) is 0 Å². The molecule has 2 aromatic carbocycles. The van der Waals surface area contributed by atoms with Crippen LogP contribution in [-0.4, -0.2) is 24.7 Å². The maximum absolute atomic E-state index is 13.1. The molecular formula is C26H37NO2. The number of nitrogens with one attached hydrogen (secondary N) is 1. The Bertz CT molecular complexity index is 663. The molecule has 0 aromatic heterocycles. The van der Waals surface area contributed by atoms with Gasteiger partial charge in [0.25, 0.3) is 0 Å². The lowest BCUT2D eigenvalue weighted by Gasteiger charge is -2.25. The highest BCUT2D eigenvalue weighted by Gasteiger charge is 2.26. The molecule has 2 rings (SSSR count). The first-order valence-electron chi connectivity index (χ1n) is 10.9. The van der Waals surface area contributed by atoms with Gasteiger partial charge >= 0.3 is 5.97 Å². The van der Waals surface area contributed by atoms with Crippen LogP contribution in [0.5, 0.6) is 0 Å². The van der Waals surface area contributed by atoms with Crippen LogP contribution in [0.3, 0.4) is 0 Å². The van der Waals surface area contributed by atoms with E-state index in [2.05, 4.69) is 33.0 Å². The van der Waals surface area contributed by atoms with Gasteiger partial charge in [0.05, 0.1) is 0 Å². The van der Waals surface area contributed by atoms with Crippen LogP contribution in [0, 0.1) is 11.8 Å². The van der Waals surface area contributed by atoms with E-state index in [0.29, 0.717) is 24.4 Å². The predicted molar refractivity (Wildman–Crippen MR) is 121 cm³/mol. The Morgan fingerprint density at radius 3 is 1.66 bits per heavy atom. The number of carbonyl (C=O) groups is 1. The third-order valence-electron chi connectivity index (χ3n) is 5.02. The van der Waals surface area contributed by atoms with Gasteiger partial charge < -0.3 is 10.1 Å². The molecule has 2 aromatic rings. The molecule has 0 aliphatic heterocycles. The molecular weight excluding hydrogens is 358 g/mol. The Labute approximate surface area is 176 Å². The van der Waals surface area contributed by atoms with Crippen LogP contribution in [0.2, 0.25) is 0 Å². The molecule has 0 fully saturated rings. The van der Waals surface area contributed by atoms with E-state index in [1.807, 2.05) is 67.6 Å². The number of benzene rings is 2. The third-order valence-corrected chi connectivity index (χ3v) is 5.02. The van der Waals surface area contributed by atoms with Crippen molar-refractivity contribution in [1.82, 2.24) is 5.32 Å². The van der Waals surface area contributed by atoms with Gasteiger partial charge in [0, 0.05) is 12.6 Å². The Morgan fingerprint density at radius 1 is 0.793 bits per heavy atom. The third kappa shape index (κ3) is 8.02. The van der Waals surface area contributed by atoms with Crippen LogP contribution < -0.4 is 5.32 Å². The molecule has 3 nitrogen and oxygen atoms in total. The molecule has 0 bridgehead atoms. The molecule has 0 aliphatic rings. The fourth-order valence-corrected chi connectivity index (χ4v) is 3.80. The van der Waals surface area contributed by atoms with Gasteiger partial charge in [0.15, 0.2) is 0 Å². The second-order valence-electron chi connectivity index (χ2n) is 8.87. The first-order valence-corrected chi connectivity index (χ1v) is 10.9. The van der Waals surface area contributed by atoms with Crippen molar-refractivity contribution in [2.45, 2.75) is 65.5 Å². The summed E-state index contributed by atoms with van der Waals surface area (Å²) in [6, 6.07) is 20.2. The van der Waals surface area contributed by atoms with Crippen molar-refractivity contribution in [3.05, 3.63) is 71.8 Å². The van der Waals surface area contributed by atoms with E-state index in [0.717, 1.165) is 24.0 Å². The molecule has 0 saturated carbocycles. The zero-order valence-electron chi connectivity index (χ0n) is 18.6. The van der Waals surface area contributed by atoms with Crippen LogP contribution in [0.4, 0.5) is 0 Å². The zero-order chi connectivity index (χ0) is 21.2. The van der Waals surface area contributed by atoms with E-state index < -0.39 is 5.92 Å². The van der Waals surface area contributed by atoms with Crippen molar-refractivity contribution < 1.29 is 9.53 Å². The number of rotatable bonds is 11. The molecule has 0 unspecified atom stereocenters. The van der Waals surface area contributed by atoms with Crippen molar-refractivity contribution in [3.8, 4) is 0 Å². The molecule has 0 heterocycles. The molecule has 1 N–H and O–H groups in total. The van der Waals surface area contributed by atoms with Crippen molar-refractivity contribution in [2.75, 3.05) is 6.54 Å². The van der Waals surface area contributed by atoms with Crippen molar-refractivity contribution >= 4 is 5.97 Å². The van der Waals surface area contributed by atoms with Gasteiger partial charge in [0.2, 0.25) is 0 Å². The Hall–Kier alpha value is -2.13. The normalized spacial score (nSPS) is 12.7. The molecule has 1 atom stereocenters. The Kier molecular flexibility index (Phi) is 9.40. The van der Waals surface area contributed by atoms with Gasteiger partial charge in [-0.3, -0.25) is 4.79 Å².